The van der Waals surface area contributed by atoms with E-state index < -0.39 is 0 Å². The summed E-state index contributed by atoms with van der Waals surface area (Å²) in [5.41, 5.74) is 4.98. The van der Waals surface area contributed by atoms with Crippen molar-refractivity contribution in [3.05, 3.63) is 58.2 Å². The number of ether oxygens (including phenoxy) is 1. The molecule has 2 aromatic heterocycles. The zero-order chi connectivity index (χ0) is 21.0. The van der Waals surface area contributed by atoms with Crippen molar-refractivity contribution in [3.8, 4) is 0 Å². The Kier molecular flexibility index (Phi) is 4.32. The Morgan fingerprint density at radius 1 is 1.30 bits per heavy atom. The minimum Gasteiger partial charge on any atom is -0.380 e. The molecule has 1 spiro atoms. The van der Waals surface area contributed by atoms with Crippen LogP contribution in [-0.2, 0) is 11.3 Å². The van der Waals surface area contributed by atoms with Gasteiger partial charge in [0.25, 0.3) is 5.91 Å². The molecule has 2 fully saturated rings. The SMILES string of the molecule is Cc1cccc(F)c1CNc1nc(C(=O)N2CC3(COC3)C2)cc2c(C)c(C)[nH]c12. The summed E-state index contributed by atoms with van der Waals surface area (Å²) in [5.74, 6) is 0.244. The number of benzene rings is 1. The van der Waals surface area contributed by atoms with Gasteiger partial charge in [0.1, 0.15) is 11.5 Å². The third-order valence-electron chi connectivity index (χ3n) is 6.46. The van der Waals surface area contributed by atoms with Crippen LogP contribution in [0.25, 0.3) is 10.9 Å². The quantitative estimate of drug-likeness (QED) is 0.691. The smallest absolute Gasteiger partial charge is 0.272 e. The van der Waals surface area contributed by atoms with Gasteiger partial charge in [-0.2, -0.15) is 0 Å². The van der Waals surface area contributed by atoms with Gasteiger partial charge < -0.3 is 19.9 Å². The summed E-state index contributed by atoms with van der Waals surface area (Å²) in [7, 11) is 0. The zero-order valence-corrected chi connectivity index (χ0v) is 17.4. The van der Waals surface area contributed by atoms with Crippen LogP contribution >= 0.6 is 0 Å². The molecular weight excluding hydrogens is 383 g/mol. The van der Waals surface area contributed by atoms with E-state index in [1.54, 1.807) is 6.07 Å². The Bertz CT molecular complexity index is 1140. The number of nitrogens with zero attached hydrogens (tertiary/aromatic N) is 2. The zero-order valence-electron chi connectivity index (χ0n) is 17.4. The Labute approximate surface area is 174 Å². The van der Waals surface area contributed by atoms with Gasteiger partial charge in [-0.1, -0.05) is 12.1 Å². The topological polar surface area (TPSA) is 70.2 Å². The molecule has 3 aromatic rings. The molecule has 30 heavy (non-hydrogen) atoms. The van der Waals surface area contributed by atoms with Crippen LogP contribution in [0.4, 0.5) is 10.2 Å². The van der Waals surface area contributed by atoms with Crippen molar-refractivity contribution in [1.29, 1.82) is 0 Å². The predicted octanol–water partition coefficient (Wildman–Crippen LogP) is 3.71. The van der Waals surface area contributed by atoms with Crippen LogP contribution in [0.1, 0.15) is 32.9 Å². The van der Waals surface area contributed by atoms with Crippen LogP contribution in [0.2, 0.25) is 0 Å². The molecule has 7 heteroatoms. The minimum absolute atomic E-state index is 0.0715. The lowest BCUT2D eigenvalue weighted by Crippen LogP contribution is -2.67. The molecule has 1 amide bonds. The van der Waals surface area contributed by atoms with Crippen molar-refractivity contribution in [2.45, 2.75) is 27.3 Å². The van der Waals surface area contributed by atoms with E-state index in [0.717, 1.165) is 40.9 Å². The molecule has 1 aromatic carbocycles. The summed E-state index contributed by atoms with van der Waals surface area (Å²) in [6, 6.07) is 6.91. The van der Waals surface area contributed by atoms with Crippen LogP contribution in [0.3, 0.4) is 0 Å². The number of aromatic nitrogens is 2. The summed E-state index contributed by atoms with van der Waals surface area (Å²) in [5, 5.41) is 4.22. The van der Waals surface area contributed by atoms with Gasteiger partial charge >= 0.3 is 0 Å². The molecule has 0 bridgehead atoms. The van der Waals surface area contributed by atoms with Gasteiger partial charge in [0.15, 0.2) is 5.82 Å². The number of aryl methyl sites for hydroxylation is 3. The molecule has 0 radical (unpaired) electrons. The normalized spacial score (nSPS) is 17.1. The molecule has 4 heterocycles. The molecule has 0 atom stereocenters. The van der Waals surface area contributed by atoms with E-state index in [1.807, 2.05) is 37.8 Å². The number of amides is 1. The van der Waals surface area contributed by atoms with Crippen molar-refractivity contribution in [1.82, 2.24) is 14.9 Å². The molecule has 2 N–H and O–H groups in total. The number of hydrogen-bond donors (Lipinski definition) is 2. The van der Waals surface area contributed by atoms with Crippen LogP contribution in [-0.4, -0.2) is 47.1 Å². The number of halogens is 1. The molecule has 6 nitrogen and oxygen atoms in total. The van der Waals surface area contributed by atoms with Crippen LogP contribution in [0.5, 0.6) is 0 Å². The molecule has 5 rings (SSSR count). The number of fused-ring (bicyclic) bond motifs is 1. The summed E-state index contributed by atoms with van der Waals surface area (Å²) in [6.07, 6.45) is 0. The molecule has 2 aliphatic heterocycles. The minimum atomic E-state index is -0.251. The van der Waals surface area contributed by atoms with E-state index >= 15 is 0 Å². The number of pyridine rings is 1. The molecule has 2 aliphatic rings. The van der Waals surface area contributed by atoms with Gasteiger partial charge in [-0.15, -0.1) is 0 Å². The lowest BCUT2D eigenvalue weighted by Gasteiger charge is -2.54. The Balaban J connectivity index is 1.47. The first kappa shape index (κ1) is 19.1. The fourth-order valence-corrected chi connectivity index (χ4v) is 4.39. The predicted molar refractivity (Wildman–Crippen MR) is 113 cm³/mol. The Hall–Kier alpha value is -2.93. The lowest BCUT2D eigenvalue weighted by atomic mass is 9.78. The van der Waals surface area contributed by atoms with Gasteiger partial charge in [0, 0.05) is 36.3 Å². The number of hydrogen-bond acceptors (Lipinski definition) is 4. The van der Waals surface area contributed by atoms with Crippen molar-refractivity contribution in [3.63, 3.8) is 0 Å². The largest absolute Gasteiger partial charge is 0.380 e. The highest BCUT2D eigenvalue weighted by Crippen LogP contribution is 2.38. The van der Waals surface area contributed by atoms with Crippen molar-refractivity contribution >= 4 is 22.6 Å². The summed E-state index contributed by atoms with van der Waals surface area (Å²) < 4.78 is 19.6. The van der Waals surface area contributed by atoms with Gasteiger partial charge in [-0.05, 0) is 44.0 Å². The number of likely N-dealkylation sites (tertiary alicyclic amines) is 1. The van der Waals surface area contributed by atoms with E-state index in [-0.39, 0.29) is 17.1 Å². The van der Waals surface area contributed by atoms with Gasteiger partial charge in [0.05, 0.1) is 24.1 Å². The second kappa shape index (κ2) is 6.80. The maximum atomic E-state index is 14.3. The average molecular weight is 408 g/mol. The highest BCUT2D eigenvalue weighted by atomic mass is 19.1. The van der Waals surface area contributed by atoms with Gasteiger partial charge in [0.2, 0.25) is 0 Å². The monoisotopic (exact) mass is 408 g/mol. The lowest BCUT2D eigenvalue weighted by molar-refractivity contribution is -0.176. The van der Waals surface area contributed by atoms with Crippen LogP contribution in [0.15, 0.2) is 24.3 Å². The van der Waals surface area contributed by atoms with Crippen molar-refractivity contribution in [2.24, 2.45) is 5.41 Å². The third kappa shape index (κ3) is 2.96. The number of nitrogens with one attached hydrogen (secondary N) is 2. The average Bonchev–Trinajstić information content (AvgIpc) is 2.93. The highest BCUT2D eigenvalue weighted by Gasteiger charge is 2.51. The first-order valence-electron chi connectivity index (χ1n) is 10.2. The standard InChI is InChI=1S/C23H25FN4O2/c1-13-5-4-6-18(24)17(13)8-25-21-20-16(14(2)15(3)26-20)7-19(27-21)22(29)28-9-23(10-28)11-30-12-23/h4-7,26H,8-12H2,1-3H3,(H,25,27). The van der Waals surface area contributed by atoms with E-state index in [0.29, 0.717) is 36.7 Å². The number of rotatable bonds is 4. The van der Waals surface area contributed by atoms with Crippen LogP contribution in [0, 0.1) is 32.0 Å². The number of H-pyrrole nitrogens is 1. The van der Waals surface area contributed by atoms with Gasteiger partial charge in [-0.25, -0.2) is 9.37 Å². The molecule has 0 unspecified atom stereocenters. The highest BCUT2D eigenvalue weighted by molar-refractivity contribution is 6.01. The first-order valence-corrected chi connectivity index (χ1v) is 10.2. The summed E-state index contributed by atoms with van der Waals surface area (Å²) >= 11 is 0. The number of aromatic amines is 1. The maximum absolute atomic E-state index is 14.3. The number of carbonyl (C=O) groups is 1. The molecule has 0 aliphatic carbocycles. The fourth-order valence-electron chi connectivity index (χ4n) is 4.39. The number of anilines is 1. The molecular formula is C23H25FN4O2. The van der Waals surface area contributed by atoms with Crippen LogP contribution < -0.4 is 5.32 Å². The van der Waals surface area contributed by atoms with Gasteiger partial charge in [-0.3, -0.25) is 4.79 Å². The maximum Gasteiger partial charge on any atom is 0.272 e. The van der Waals surface area contributed by atoms with E-state index in [9.17, 15) is 9.18 Å². The fraction of sp³-hybridized carbons (Fsp3) is 0.391. The summed E-state index contributed by atoms with van der Waals surface area (Å²) in [4.78, 5) is 22.9. The summed E-state index contributed by atoms with van der Waals surface area (Å²) in [6.45, 7) is 9.09. The number of carbonyl (C=O) groups excluding carboxylic acids is 1. The third-order valence-corrected chi connectivity index (χ3v) is 6.46. The van der Waals surface area contributed by atoms with E-state index in [2.05, 4.69) is 15.3 Å². The Morgan fingerprint density at radius 2 is 2.07 bits per heavy atom. The van der Waals surface area contributed by atoms with Crippen molar-refractivity contribution in [2.75, 3.05) is 31.6 Å². The molecule has 156 valence electrons. The second-order valence-corrected chi connectivity index (χ2v) is 8.70. The second-order valence-electron chi connectivity index (χ2n) is 8.70. The van der Waals surface area contributed by atoms with E-state index in [1.165, 1.54) is 6.07 Å². The first-order chi connectivity index (χ1) is 14.4. The van der Waals surface area contributed by atoms with E-state index in [4.69, 9.17) is 4.74 Å². The Morgan fingerprint density at radius 3 is 2.73 bits per heavy atom. The van der Waals surface area contributed by atoms with Crippen molar-refractivity contribution < 1.29 is 13.9 Å². The molecule has 0 saturated carbocycles. The molecule has 2 saturated heterocycles.